The summed E-state index contributed by atoms with van der Waals surface area (Å²) in [6, 6.07) is 3.54. The lowest BCUT2D eigenvalue weighted by atomic mass is 10.1. The van der Waals surface area contributed by atoms with Gasteiger partial charge in [-0.3, -0.25) is 0 Å². The van der Waals surface area contributed by atoms with Crippen LogP contribution in [0.2, 0.25) is 0 Å². The van der Waals surface area contributed by atoms with Crippen LogP contribution in [0.4, 0.5) is 0 Å². The number of hydrogen-bond acceptors (Lipinski definition) is 11. The lowest BCUT2D eigenvalue weighted by Gasteiger charge is -2.19. The molecule has 1 fully saturated rings. The minimum absolute atomic E-state index is 0.105. The van der Waals surface area contributed by atoms with Crippen LogP contribution in [-0.4, -0.2) is 68.0 Å². The van der Waals surface area contributed by atoms with Crippen molar-refractivity contribution in [1.29, 1.82) is 0 Å². The van der Waals surface area contributed by atoms with Crippen LogP contribution in [0.15, 0.2) is 24.3 Å². The molecule has 2 aromatic carbocycles. The highest BCUT2D eigenvalue weighted by molar-refractivity contribution is 5.92. The van der Waals surface area contributed by atoms with Gasteiger partial charge in [0, 0.05) is 0 Å². The monoisotopic (exact) mass is 408 g/mol. The van der Waals surface area contributed by atoms with Gasteiger partial charge in [-0.15, -0.1) is 0 Å². The van der Waals surface area contributed by atoms with Crippen LogP contribution < -0.4 is 0 Å². The highest BCUT2D eigenvalue weighted by Crippen LogP contribution is 2.37. The summed E-state index contributed by atoms with van der Waals surface area (Å²) < 4.78 is 15.5. The maximum atomic E-state index is 12.2. The van der Waals surface area contributed by atoms with Crippen molar-refractivity contribution in [2.75, 3.05) is 13.2 Å². The molecule has 3 rings (SSSR count). The molecule has 11 heteroatoms. The highest BCUT2D eigenvalue weighted by atomic mass is 16.6. The van der Waals surface area contributed by atoms with E-state index in [0.29, 0.717) is 0 Å². The van der Waals surface area contributed by atoms with Gasteiger partial charge in [0.25, 0.3) is 0 Å². The average Bonchev–Trinajstić information content (AvgIpc) is 3.09. The van der Waals surface area contributed by atoms with Crippen molar-refractivity contribution < 1.29 is 54.4 Å². The van der Waals surface area contributed by atoms with Gasteiger partial charge < -0.3 is 44.8 Å². The van der Waals surface area contributed by atoms with Crippen molar-refractivity contribution in [3.63, 3.8) is 0 Å². The number of ether oxygens (including phenoxy) is 3. The van der Waals surface area contributed by atoms with Crippen LogP contribution in [0.1, 0.15) is 20.7 Å². The topological polar surface area (TPSA) is 183 Å². The Morgan fingerprint density at radius 3 is 1.31 bits per heavy atom. The molecule has 0 spiro atoms. The number of phenols is 6. The van der Waals surface area contributed by atoms with E-state index >= 15 is 0 Å². The maximum absolute atomic E-state index is 12.2. The summed E-state index contributed by atoms with van der Waals surface area (Å²) >= 11 is 0. The van der Waals surface area contributed by atoms with Gasteiger partial charge >= 0.3 is 11.9 Å². The summed E-state index contributed by atoms with van der Waals surface area (Å²) in [6.07, 6.45) is -2.05. The maximum Gasteiger partial charge on any atom is 0.338 e. The zero-order chi connectivity index (χ0) is 21.3. The molecule has 2 atom stereocenters. The number of rotatable bonds is 4. The smallest absolute Gasteiger partial charge is 0.338 e. The molecule has 0 unspecified atom stereocenters. The summed E-state index contributed by atoms with van der Waals surface area (Å²) in [6.45, 7) is -0.211. The first-order chi connectivity index (χ1) is 13.7. The zero-order valence-electron chi connectivity index (χ0n) is 14.6. The second kappa shape index (κ2) is 7.64. The molecule has 0 bridgehead atoms. The molecule has 2 aromatic rings. The second-order valence-electron chi connectivity index (χ2n) is 6.15. The highest BCUT2D eigenvalue weighted by Gasteiger charge is 2.35. The van der Waals surface area contributed by atoms with Gasteiger partial charge in [-0.1, -0.05) is 0 Å². The number of hydrogen-bond donors (Lipinski definition) is 6. The molecule has 0 amide bonds. The van der Waals surface area contributed by atoms with Crippen LogP contribution >= 0.6 is 0 Å². The van der Waals surface area contributed by atoms with Crippen LogP contribution in [-0.2, 0) is 14.2 Å². The Hall–Kier alpha value is -3.86. The first kappa shape index (κ1) is 19.9. The molecule has 29 heavy (non-hydrogen) atoms. The molecule has 1 heterocycles. The summed E-state index contributed by atoms with van der Waals surface area (Å²) in [5.41, 5.74) is -0.522. The predicted molar refractivity (Wildman–Crippen MR) is 92.1 cm³/mol. The predicted octanol–water partition coefficient (Wildman–Crippen LogP) is 0.701. The van der Waals surface area contributed by atoms with Gasteiger partial charge in [0.05, 0.1) is 24.3 Å². The summed E-state index contributed by atoms with van der Waals surface area (Å²) in [5, 5.41) is 56.6. The fraction of sp³-hybridized carbons (Fsp3) is 0.222. The first-order valence-corrected chi connectivity index (χ1v) is 8.17. The second-order valence-corrected chi connectivity index (χ2v) is 6.15. The SMILES string of the molecule is O=C(O[C@H]1COC[C@@H]1OC(=O)c1cc(O)c(O)c(O)c1)c1cc(O)c(O)c(O)c1. The van der Waals surface area contributed by atoms with E-state index in [9.17, 15) is 40.2 Å². The molecule has 1 aliphatic heterocycles. The zero-order valence-corrected chi connectivity index (χ0v) is 14.6. The Morgan fingerprint density at radius 1 is 0.690 bits per heavy atom. The molecular formula is C18H16O11. The molecule has 154 valence electrons. The van der Waals surface area contributed by atoms with Gasteiger partial charge in [0.1, 0.15) is 0 Å². The fourth-order valence-corrected chi connectivity index (χ4v) is 2.59. The lowest BCUT2D eigenvalue weighted by molar-refractivity contribution is -0.0176. The minimum Gasteiger partial charge on any atom is -0.504 e. The molecule has 1 saturated heterocycles. The van der Waals surface area contributed by atoms with E-state index < -0.39 is 58.6 Å². The van der Waals surface area contributed by atoms with Crippen LogP contribution in [0.5, 0.6) is 34.5 Å². The molecule has 0 saturated carbocycles. The average molecular weight is 408 g/mol. The van der Waals surface area contributed by atoms with E-state index in [1.165, 1.54) is 0 Å². The summed E-state index contributed by atoms with van der Waals surface area (Å²) in [4.78, 5) is 24.5. The summed E-state index contributed by atoms with van der Waals surface area (Å²) in [7, 11) is 0. The molecule has 0 aliphatic carbocycles. The quantitative estimate of drug-likeness (QED) is 0.309. The van der Waals surface area contributed by atoms with Gasteiger partial charge in [0.15, 0.2) is 46.7 Å². The normalized spacial score (nSPS) is 18.3. The third-order valence-electron chi connectivity index (χ3n) is 4.11. The van der Waals surface area contributed by atoms with E-state index in [0.717, 1.165) is 24.3 Å². The minimum atomic E-state index is -1.02. The Kier molecular flexibility index (Phi) is 5.24. The van der Waals surface area contributed by atoms with Crippen LogP contribution in [0.25, 0.3) is 0 Å². The Morgan fingerprint density at radius 2 is 1.00 bits per heavy atom. The number of carbonyl (C=O) groups is 2. The van der Waals surface area contributed by atoms with E-state index in [1.807, 2.05) is 0 Å². The van der Waals surface area contributed by atoms with Gasteiger partial charge in [-0.05, 0) is 24.3 Å². The van der Waals surface area contributed by atoms with E-state index in [4.69, 9.17) is 14.2 Å². The van der Waals surface area contributed by atoms with Gasteiger partial charge in [-0.2, -0.15) is 0 Å². The number of aromatic hydroxyl groups is 6. The van der Waals surface area contributed by atoms with Crippen molar-refractivity contribution in [3.8, 4) is 34.5 Å². The van der Waals surface area contributed by atoms with Crippen LogP contribution in [0, 0.1) is 0 Å². The Labute approximate surface area is 162 Å². The van der Waals surface area contributed by atoms with Crippen molar-refractivity contribution in [1.82, 2.24) is 0 Å². The lowest BCUT2D eigenvalue weighted by Crippen LogP contribution is -2.34. The number of esters is 2. The van der Waals surface area contributed by atoms with Gasteiger partial charge in [-0.25, -0.2) is 9.59 Å². The fourth-order valence-electron chi connectivity index (χ4n) is 2.59. The van der Waals surface area contributed by atoms with Gasteiger partial charge in [0.2, 0.25) is 0 Å². The van der Waals surface area contributed by atoms with Crippen molar-refractivity contribution in [3.05, 3.63) is 35.4 Å². The summed E-state index contributed by atoms with van der Waals surface area (Å²) in [5.74, 6) is -6.46. The van der Waals surface area contributed by atoms with E-state index in [2.05, 4.69) is 0 Å². The van der Waals surface area contributed by atoms with E-state index in [1.54, 1.807) is 0 Å². The Balaban J connectivity index is 1.70. The molecule has 11 nitrogen and oxygen atoms in total. The Bertz CT molecular complexity index is 845. The largest absolute Gasteiger partial charge is 0.504 e. The van der Waals surface area contributed by atoms with Crippen LogP contribution in [0.3, 0.4) is 0 Å². The molecular weight excluding hydrogens is 392 g/mol. The molecule has 6 N–H and O–H groups in total. The van der Waals surface area contributed by atoms with E-state index in [-0.39, 0.29) is 24.3 Å². The number of carbonyl (C=O) groups excluding carboxylic acids is 2. The number of benzene rings is 2. The molecule has 0 radical (unpaired) electrons. The molecule has 1 aliphatic rings. The van der Waals surface area contributed by atoms with Crippen molar-refractivity contribution in [2.24, 2.45) is 0 Å². The molecule has 0 aromatic heterocycles. The van der Waals surface area contributed by atoms with Crippen molar-refractivity contribution in [2.45, 2.75) is 12.2 Å². The number of phenolic OH excluding ortho intramolecular Hbond substituents is 6. The first-order valence-electron chi connectivity index (χ1n) is 8.17. The standard InChI is InChI=1S/C18H16O11/c19-9-1-7(2-10(20)15(9)23)17(25)28-13-5-27-6-14(13)29-18(26)8-3-11(21)16(24)12(22)4-8/h1-4,13-14,19-24H,5-6H2/t13-,14-/m0/s1. The third kappa shape index (κ3) is 4.04. The third-order valence-corrected chi connectivity index (χ3v) is 4.11. The van der Waals surface area contributed by atoms with Crippen molar-refractivity contribution >= 4 is 11.9 Å².